The van der Waals surface area contributed by atoms with Gasteiger partial charge in [-0.25, -0.2) is 0 Å². The summed E-state index contributed by atoms with van der Waals surface area (Å²) >= 11 is 3.70. The largest absolute Gasteiger partial charge is 0.371 e. The lowest BCUT2D eigenvalue weighted by atomic mass is 10.1. The molecule has 0 saturated heterocycles. The number of rotatable bonds is 8. The van der Waals surface area contributed by atoms with Gasteiger partial charge in [-0.15, -0.1) is 0 Å². The molecule has 1 rings (SSSR count). The van der Waals surface area contributed by atoms with Crippen LogP contribution in [0.2, 0.25) is 0 Å². The molecule has 0 radical (unpaired) electrons. The van der Waals surface area contributed by atoms with Gasteiger partial charge in [0.1, 0.15) is 0 Å². The molecule has 1 atom stereocenters. The van der Waals surface area contributed by atoms with Crippen molar-refractivity contribution in [1.82, 2.24) is 0 Å². The van der Waals surface area contributed by atoms with Gasteiger partial charge in [0, 0.05) is 23.6 Å². The summed E-state index contributed by atoms with van der Waals surface area (Å²) in [5.41, 5.74) is 8.41. The highest BCUT2D eigenvalue weighted by molar-refractivity contribution is 9.10. The summed E-state index contributed by atoms with van der Waals surface area (Å²) < 4.78 is 1.16. The topological polar surface area (TPSA) is 29.3 Å². The summed E-state index contributed by atoms with van der Waals surface area (Å²) in [6.45, 7) is 8.77. The Morgan fingerprint density at radius 2 is 1.74 bits per heavy atom. The number of nitrogens with zero attached hydrogens (tertiary/aromatic N) is 1. The van der Waals surface area contributed by atoms with Gasteiger partial charge in [0.25, 0.3) is 0 Å². The van der Waals surface area contributed by atoms with Crippen LogP contribution in [-0.2, 0) is 0 Å². The number of hydrogen-bond donors (Lipinski definition) is 1. The number of benzene rings is 1. The normalized spacial score (nSPS) is 12.5. The van der Waals surface area contributed by atoms with E-state index < -0.39 is 0 Å². The molecule has 0 fully saturated rings. The molecule has 0 aliphatic rings. The van der Waals surface area contributed by atoms with E-state index >= 15 is 0 Å². The Balaban J connectivity index is 2.87. The first kappa shape index (κ1) is 16.5. The maximum Gasteiger partial charge on any atom is 0.0510 e. The lowest BCUT2D eigenvalue weighted by molar-refractivity contribution is 0.676. The molecule has 1 aromatic rings. The van der Waals surface area contributed by atoms with Crippen LogP contribution in [0.5, 0.6) is 0 Å². The van der Waals surface area contributed by atoms with E-state index in [9.17, 15) is 0 Å². The van der Waals surface area contributed by atoms with Crippen LogP contribution in [0, 0.1) is 0 Å². The van der Waals surface area contributed by atoms with Gasteiger partial charge in [0.05, 0.1) is 5.69 Å². The lowest BCUT2D eigenvalue weighted by Crippen LogP contribution is -2.26. The molecule has 0 bridgehead atoms. The van der Waals surface area contributed by atoms with E-state index in [0.29, 0.717) is 0 Å². The summed E-state index contributed by atoms with van der Waals surface area (Å²) in [7, 11) is 0. The molecular weight excluding hydrogens is 300 g/mol. The van der Waals surface area contributed by atoms with Gasteiger partial charge in [0.2, 0.25) is 0 Å². The fourth-order valence-electron chi connectivity index (χ4n) is 2.11. The summed E-state index contributed by atoms with van der Waals surface area (Å²) in [5, 5.41) is 0. The van der Waals surface area contributed by atoms with Crippen molar-refractivity contribution in [2.45, 2.75) is 52.5 Å². The van der Waals surface area contributed by atoms with Gasteiger partial charge >= 0.3 is 0 Å². The molecule has 0 aliphatic heterocycles. The first-order valence-electron chi connectivity index (χ1n) is 7.40. The zero-order valence-electron chi connectivity index (χ0n) is 12.5. The molecule has 108 valence electrons. The minimum Gasteiger partial charge on any atom is -0.371 e. The highest BCUT2D eigenvalue weighted by atomic mass is 79.9. The zero-order valence-corrected chi connectivity index (χ0v) is 14.0. The molecule has 0 aliphatic carbocycles. The number of nitrogens with two attached hydrogens (primary N) is 1. The number of hydrogen-bond acceptors (Lipinski definition) is 2. The fraction of sp³-hybridized carbons (Fsp3) is 0.625. The van der Waals surface area contributed by atoms with Crippen LogP contribution in [0.25, 0.3) is 0 Å². The van der Waals surface area contributed by atoms with Crippen molar-refractivity contribution in [3.05, 3.63) is 28.2 Å². The van der Waals surface area contributed by atoms with Crippen molar-refractivity contribution >= 4 is 21.6 Å². The van der Waals surface area contributed by atoms with Crippen molar-refractivity contribution in [2.24, 2.45) is 5.73 Å². The number of halogens is 1. The Bertz CT molecular complexity index is 369. The van der Waals surface area contributed by atoms with Crippen LogP contribution in [0.4, 0.5) is 5.69 Å². The van der Waals surface area contributed by atoms with Crippen molar-refractivity contribution in [1.29, 1.82) is 0 Å². The molecule has 3 heteroatoms. The molecular formula is C16H27BrN2. The van der Waals surface area contributed by atoms with E-state index in [1.807, 2.05) is 6.92 Å². The SMILES string of the molecule is CCCCN(CCCC)c1ccc([C@@H](C)N)cc1Br. The maximum absolute atomic E-state index is 5.93. The minimum atomic E-state index is 0.0880. The van der Waals surface area contributed by atoms with Gasteiger partial charge in [-0.3, -0.25) is 0 Å². The first-order valence-corrected chi connectivity index (χ1v) is 8.19. The Hall–Kier alpha value is -0.540. The van der Waals surface area contributed by atoms with Crippen molar-refractivity contribution < 1.29 is 0 Å². The van der Waals surface area contributed by atoms with E-state index in [4.69, 9.17) is 5.73 Å². The zero-order chi connectivity index (χ0) is 14.3. The predicted molar refractivity (Wildman–Crippen MR) is 88.8 cm³/mol. The van der Waals surface area contributed by atoms with E-state index in [2.05, 4.69) is 52.9 Å². The van der Waals surface area contributed by atoms with Crippen LogP contribution in [0.15, 0.2) is 22.7 Å². The second kappa shape index (κ2) is 8.60. The summed E-state index contributed by atoms with van der Waals surface area (Å²) in [4.78, 5) is 2.49. The minimum absolute atomic E-state index is 0.0880. The third-order valence-corrected chi connectivity index (χ3v) is 4.04. The number of anilines is 1. The van der Waals surface area contributed by atoms with Crippen LogP contribution >= 0.6 is 15.9 Å². The molecule has 2 nitrogen and oxygen atoms in total. The van der Waals surface area contributed by atoms with Crippen LogP contribution in [0.3, 0.4) is 0 Å². The van der Waals surface area contributed by atoms with E-state index in [0.717, 1.165) is 17.6 Å². The third kappa shape index (κ3) is 5.15. The van der Waals surface area contributed by atoms with Gasteiger partial charge in [-0.2, -0.15) is 0 Å². The monoisotopic (exact) mass is 326 g/mol. The average molecular weight is 327 g/mol. The highest BCUT2D eigenvalue weighted by Crippen LogP contribution is 2.29. The fourth-order valence-corrected chi connectivity index (χ4v) is 2.76. The van der Waals surface area contributed by atoms with Crippen molar-refractivity contribution in [3.63, 3.8) is 0 Å². The van der Waals surface area contributed by atoms with E-state index in [1.165, 1.54) is 36.9 Å². The Labute approximate surface area is 126 Å². The second-order valence-corrected chi connectivity index (χ2v) is 6.05. The molecule has 0 aromatic heterocycles. The maximum atomic E-state index is 5.93. The molecule has 0 unspecified atom stereocenters. The Morgan fingerprint density at radius 3 is 2.16 bits per heavy atom. The quantitative estimate of drug-likeness (QED) is 0.738. The first-order chi connectivity index (χ1) is 9.10. The van der Waals surface area contributed by atoms with Crippen LogP contribution in [-0.4, -0.2) is 13.1 Å². The molecule has 0 amide bonds. The van der Waals surface area contributed by atoms with Gasteiger partial charge in [-0.1, -0.05) is 32.8 Å². The van der Waals surface area contributed by atoms with E-state index in [1.54, 1.807) is 0 Å². The van der Waals surface area contributed by atoms with Crippen molar-refractivity contribution in [3.8, 4) is 0 Å². The predicted octanol–water partition coefficient (Wildman–Crippen LogP) is 4.88. The third-order valence-electron chi connectivity index (χ3n) is 3.40. The van der Waals surface area contributed by atoms with Crippen LogP contribution < -0.4 is 10.6 Å². The summed E-state index contributed by atoms with van der Waals surface area (Å²) in [5.74, 6) is 0. The molecule has 0 spiro atoms. The van der Waals surface area contributed by atoms with E-state index in [-0.39, 0.29) is 6.04 Å². The average Bonchev–Trinajstić information content (AvgIpc) is 2.39. The van der Waals surface area contributed by atoms with Gasteiger partial charge < -0.3 is 10.6 Å². The van der Waals surface area contributed by atoms with Crippen LogP contribution in [0.1, 0.15) is 58.1 Å². The van der Waals surface area contributed by atoms with Gasteiger partial charge in [-0.05, 0) is 53.4 Å². The summed E-state index contributed by atoms with van der Waals surface area (Å²) in [6.07, 6.45) is 4.95. The molecule has 0 saturated carbocycles. The molecule has 19 heavy (non-hydrogen) atoms. The highest BCUT2D eigenvalue weighted by Gasteiger charge is 2.11. The number of unbranched alkanes of at least 4 members (excludes halogenated alkanes) is 2. The standard InChI is InChI=1S/C16H27BrN2/c1-4-6-10-19(11-7-5-2)16-9-8-14(13(3)18)12-15(16)17/h8-9,12-13H,4-7,10-11,18H2,1-3H3/t13-/m1/s1. The second-order valence-electron chi connectivity index (χ2n) is 5.19. The smallest absolute Gasteiger partial charge is 0.0510 e. The molecule has 2 N–H and O–H groups in total. The Kier molecular flexibility index (Phi) is 7.47. The van der Waals surface area contributed by atoms with Gasteiger partial charge in [0.15, 0.2) is 0 Å². The summed E-state index contributed by atoms with van der Waals surface area (Å²) in [6, 6.07) is 6.60. The lowest BCUT2D eigenvalue weighted by Gasteiger charge is -2.26. The van der Waals surface area contributed by atoms with Crippen molar-refractivity contribution in [2.75, 3.05) is 18.0 Å². The Morgan fingerprint density at radius 1 is 1.16 bits per heavy atom. The molecule has 1 aromatic carbocycles. The molecule has 0 heterocycles.